The van der Waals surface area contributed by atoms with E-state index in [1.807, 2.05) is 0 Å². The van der Waals surface area contributed by atoms with Gasteiger partial charge in [-0.15, -0.1) is 0 Å². The number of amides is 1. The third-order valence-electron chi connectivity index (χ3n) is 5.59. The first-order chi connectivity index (χ1) is 12.2. The number of fused-ring (bicyclic) bond motifs is 1. The van der Waals surface area contributed by atoms with E-state index in [1.54, 1.807) is 17.0 Å². The number of benzene rings is 1. The van der Waals surface area contributed by atoms with Crippen LogP contribution in [0.2, 0.25) is 0 Å². The molecule has 0 aromatic heterocycles. The fraction of sp³-hybridized carbons (Fsp3) is 0.632. The first-order valence-electron chi connectivity index (χ1n) is 9.26. The summed E-state index contributed by atoms with van der Waals surface area (Å²) in [6, 6.07) is 5.19. The highest BCUT2D eigenvalue weighted by Gasteiger charge is 2.38. The van der Waals surface area contributed by atoms with Gasteiger partial charge in [-0.1, -0.05) is 6.07 Å². The van der Waals surface area contributed by atoms with Crippen LogP contribution in [0.5, 0.6) is 5.75 Å². The van der Waals surface area contributed by atoms with E-state index in [0.29, 0.717) is 37.1 Å². The lowest BCUT2D eigenvalue weighted by Crippen LogP contribution is -2.50. The first-order valence-corrected chi connectivity index (χ1v) is 9.26. The van der Waals surface area contributed by atoms with E-state index < -0.39 is 0 Å². The van der Waals surface area contributed by atoms with Crippen molar-refractivity contribution in [1.82, 2.24) is 9.80 Å². The fourth-order valence-corrected chi connectivity index (χ4v) is 4.27. The second-order valence-electron chi connectivity index (χ2n) is 7.06. The van der Waals surface area contributed by atoms with E-state index in [4.69, 9.17) is 9.47 Å². The van der Waals surface area contributed by atoms with Crippen molar-refractivity contribution in [1.29, 1.82) is 0 Å². The topological polar surface area (TPSA) is 42.0 Å². The van der Waals surface area contributed by atoms with Crippen LogP contribution in [-0.4, -0.2) is 60.7 Å². The molecule has 0 N–H and O–H groups in total. The lowest BCUT2D eigenvalue weighted by atomic mass is 10.0. The number of likely N-dealkylation sites (tertiary alicyclic amines) is 1. The first kappa shape index (κ1) is 16.8. The van der Waals surface area contributed by atoms with Crippen molar-refractivity contribution < 1.29 is 18.7 Å². The van der Waals surface area contributed by atoms with E-state index in [0.717, 1.165) is 45.4 Å². The molecule has 6 heteroatoms. The van der Waals surface area contributed by atoms with Gasteiger partial charge in [-0.3, -0.25) is 9.69 Å². The molecule has 1 amide bonds. The molecule has 1 aromatic rings. The van der Waals surface area contributed by atoms with Crippen LogP contribution in [0.1, 0.15) is 31.2 Å². The Balaban J connectivity index is 1.50. The predicted octanol–water partition coefficient (Wildman–Crippen LogP) is 2.19. The average molecular weight is 348 g/mol. The molecule has 0 radical (unpaired) electrons. The van der Waals surface area contributed by atoms with E-state index in [1.165, 1.54) is 6.07 Å². The van der Waals surface area contributed by atoms with Crippen LogP contribution in [0.3, 0.4) is 0 Å². The van der Waals surface area contributed by atoms with Crippen molar-refractivity contribution in [2.75, 3.05) is 32.9 Å². The minimum atomic E-state index is -0.301. The molecule has 0 bridgehead atoms. The van der Waals surface area contributed by atoms with Crippen molar-refractivity contribution in [2.45, 2.75) is 44.3 Å². The summed E-state index contributed by atoms with van der Waals surface area (Å²) in [5.74, 6) is 0.372. The number of hydrogen-bond acceptors (Lipinski definition) is 4. The Kier molecular flexibility index (Phi) is 4.90. The van der Waals surface area contributed by atoms with Gasteiger partial charge in [0.05, 0.1) is 19.1 Å². The van der Waals surface area contributed by atoms with E-state index in [2.05, 4.69) is 4.90 Å². The summed E-state index contributed by atoms with van der Waals surface area (Å²) in [7, 11) is 0. The number of rotatable bonds is 2. The Morgan fingerprint density at radius 1 is 1.12 bits per heavy atom. The minimum Gasteiger partial charge on any atom is -0.491 e. The normalized spacial score (nSPS) is 25.3. The van der Waals surface area contributed by atoms with Crippen LogP contribution in [0.4, 0.5) is 4.39 Å². The summed E-state index contributed by atoms with van der Waals surface area (Å²) < 4.78 is 25.3. The van der Waals surface area contributed by atoms with Gasteiger partial charge in [0.15, 0.2) is 0 Å². The molecule has 3 aliphatic rings. The van der Waals surface area contributed by atoms with Gasteiger partial charge in [-0.25, -0.2) is 4.39 Å². The molecule has 0 aliphatic carbocycles. The third-order valence-corrected chi connectivity index (χ3v) is 5.59. The summed E-state index contributed by atoms with van der Waals surface area (Å²) in [5.41, 5.74) is 0.490. The highest BCUT2D eigenvalue weighted by Crippen LogP contribution is 2.29. The van der Waals surface area contributed by atoms with Gasteiger partial charge in [0, 0.05) is 24.8 Å². The third kappa shape index (κ3) is 3.37. The van der Waals surface area contributed by atoms with E-state index in [-0.39, 0.29) is 17.8 Å². The number of halogens is 1. The molecule has 136 valence electrons. The van der Waals surface area contributed by atoms with Gasteiger partial charge < -0.3 is 14.4 Å². The van der Waals surface area contributed by atoms with Crippen molar-refractivity contribution >= 4 is 5.91 Å². The Morgan fingerprint density at radius 2 is 1.96 bits per heavy atom. The molecule has 2 saturated heterocycles. The smallest absolute Gasteiger partial charge is 0.240 e. The summed E-state index contributed by atoms with van der Waals surface area (Å²) in [6.07, 6.45) is 3.91. The maximum atomic E-state index is 14.2. The number of carbonyl (C=O) groups is 1. The highest BCUT2D eigenvalue weighted by atomic mass is 19.1. The van der Waals surface area contributed by atoms with Gasteiger partial charge in [0.1, 0.15) is 18.2 Å². The zero-order chi connectivity index (χ0) is 17.2. The number of ether oxygens (including phenoxy) is 2. The maximum Gasteiger partial charge on any atom is 0.240 e. The molecule has 0 spiro atoms. The Labute approximate surface area is 147 Å². The van der Waals surface area contributed by atoms with Gasteiger partial charge in [0.2, 0.25) is 5.91 Å². The van der Waals surface area contributed by atoms with Crippen LogP contribution in [0.15, 0.2) is 18.2 Å². The minimum absolute atomic E-state index is 0.0866. The van der Waals surface area contributed by atoms with Crippen molar-refractivity contribution in [3.63, 3.8) is 0 Å². The number of hydrogen-bond donors (Lipinski definition) is 0. The summed E-state index contributed by atoms with van der Waals surface area (Å²) in [5, 5.41) is 0. The molecule has 3 heterocycles. The zero-order valence-corrected chi connectivity index (χ0v) is 14.5. The predicted molar refractivity (Wildman–Crippen MR) is 90.9 cm³/mol. The Hall–Kier alpha value is -1.66. The molecule has 3 aliphatic heterocycles. The van der Waals surface area contributed by atoms with Crippen LogP contribution in [0.25, 0.3) is 0 Å². The SMILES string of the molecule is O=C(C1CCCN1C1CCOCC1)N1CCOc2cccc(F)c2C1. The molecule has 4 rings (SSSR count). The number of carbonyl (C=O) groups excluding carboxylic acids is 1. The van der Waals surface area contributed by atoms with Crippen LogP contribution >= 0.6 is 0 Å². The number of nitrogens with zero attached hydrogens (tertiary/aromatic N) is 2. The van der Waals surface area contributed by atoms with Crippen molar-refractivity contribution in [2.24, 2.45) is 0 Å². The monoisotopic (exact) mass is 348 g/mol. The lowest BCUT2D eigenvalue weighted by molar-refractivity contribution is -0.138. The second kappa shape index (κ2) is 7.30. The van der Waals surface area contributed by atoms with Crippen molar-refractivity contribution in [3.05, 3.63) is 29.6 Å². The Morgan fingerprint density at radius 3 is 2.80 bits per heavy atom. The summed E-state index contributed by atoms with van der Waals surface area (Å²) >= 11 is 0. The quantitative estimate of drug-likeness (QED) is 0.822. The molecular weight excluding hydrogens is 323 g/mol. The Bertz CT molecular complexity index is 633. The summed E-state index contributed by atoms with van der Waals surface area (Å²) in [6.45, 7) is 3.73. The summed E-state index contributed by atoms with van der Waals surface area (Å²) in [4.78, 5) is 17.3. The van der Waals surface area contributed by atoms with E-state index >= 15 is 0 Å². The van der Waals surface area contributed by atoms with Gasteiger partial charge in [-0.2, -0.15) is 0 Å². The van der Waals surface area contributed by atoms with E-state index in [9.17, 15) is 9.18 Å². The molecule has 25 heavy (non-hydrogen) atoms. The molecular formula is C19H25FN2O3. The zero-order valence-electron chi connectivity index (χ0n) is 14.5. The second-order valence-corrected chi connectivity index (χ2v) is 7.06. The molecule has 1 atom stereocenters. The van der Waals surface area contributed by atoms with Crippen LogP contribution < -0.4 is 4.74 Å². The van der Waals surface area contributed by atoms with Crippen LogP contribution in [-0.2, 0) is 16.1 Å². The highest BCUT2D eigenvalue weighted by molar-refractivity contribution is 5.82. The molecule has 1 aromatic carbocycles. The average Bonchev–Trinajstić information content (AvgIpc) is 3.02. The standard InChI is InChI=1S/C19H25FN2O3/c20-16-3-1-5-18-15(16)13-21(9-12-25-18)19(23)17-4-2-8-22(17)14-6-10-24-11-7-14/h1,3,5,14,17H,2,4,6-13H2. The maximum absolute atomic E-state index is 14.2. The molecule has 2 fully saturated rings. The van der Waals surface area contributed by atoms with Crippen molar-refractivity contribution in [3.8, 4) is 5.75 Å². The van der Waals surface area contributed by atoms with Gasteiger partial charge in [-0.05, 0) is 44.4 Å². The van der Waals surface area contributed by atoms with Gasteiger partial charge >= 0.3 is 0 Å². The van der Waals surface area contributed by atoms with Gasteiger partial charge in [0.25, 0.3) is 0 Å². The molecule has 0 saturated carbocycles. The largest absolute Gasteiger partial charge is 0.491 e. The fourth-order valence-electron chi connectivity index (χ4n) is 4.27. The molecule has 5 nitrogen and oxygen atoms in total. The molecule has 1 unspecified atom stereocenters. The lowest BCUT2D eigenvalue weighted by Gasteiger charge is -2.36. The van der Waals surface area contributed by atoms with Crippen LogP contribution in [0, 0.1) is 5.82 Å².